The Hall–Kier alpha value is -1.28. The molecule has 152 valence electrons. The van der Waals surface area contributed by atoms with Crippen LogP contribution in [0.4, 0.5) is 0 Å². The van der Waals surface area contributed by atoms with Crippen molar-refractivity contribution in [1.29, 1.82) is 0 Å². The van der Waals surface area contributed by atoms with Gasteiger partial charge in [-0.05, 0) is 50.6 Å². The van der Waals surface area contributed by atoms with Gasteiger partial charge in [0.15, 0.2) is 0 Å². The van der Waals surface area contributed by atoms with Gasteiger partial charge in [0.2, 0.25) is 0 Å². The summed E-state index contributed by atoms with van der Waals surface area (Å²) in [4.78, 5) is -0.297. The molecule has 0 amide bonds. The Balaban J connectivity index is 0.00000216. The molecule has 0 spiro atoms. The molecular formula is C26H16ClKO3S. The Labute approximate surface area is 234 Å². The molecule has 1 atom stereocenters. The number of hydrogen-bond acceptors (Lipinski definition) is 3. The monoisotopic (exact) mass is 482 g/mol. The molecule has 0 fully saturated rings. The molecule has 6 heteroatoms. The number of hydrogen-bond donors (Lipinski definition) is 0. The molecular weight excluding hydrogens is 467 g/mol. The molecule has 0 radical (unpaired) electrons. The van der Waals surface area contributed by atoms with Gasteiger partial charge in [-0.15, -0.1) is 0 Å². The van der Waals surface area contributed by atoms with Crippen molar-refractivity contribution in [2.75, 3.05) is 0 Å². The standard InChI is InChI=1S/C26H17ClO3S.K/c27-22-14-13-21-17-9-3-6-12-20(17)24(25(21)26(22)31(28,29)30)23-18-10-4-1-7-15(18)16-8-2-5-11-19(16)23;/h1-14,23-24H,(H,28,29,30);/q;+1/p-1. The van der Waals surface area contributed by atoms with Crippen molar-refractivity contribution in [2.45, 2.75) is 16.7 Å². The Morgan fingerprint density at radius 3 is 1.56 bits per heavy atom. The Bertz CT molecular complexity index is 1450. The van der Waals surface area contributed by atoms with E-state index in [2.05, 4.69) is 24.3 Å². The molecule has 6 rings (SSSR count). The fourth-order valence-corrected chi connectivity index (χ4v) is 6.70. The van der Waals surface area contributed by atoms with E-state index in [0.717, 1.165) is 38.9 Å². The fraction of sp³-hybridized carbons (Fsp3) is 0.0769. The van der Waals surface area contributed by atoms with Crippen LogP contribution in [0.3, 0.4) is 0 Å². The summed E-state index contributed by atoms with van der Waals surface area (Å²) in [5, 5.41) is -0.0221. The maximum atomic E-state index is 12.4. The van der Waals surface area contributed by atoms with E-state index in [1.807, 2.05) is 54.6 Å². The average molecular weight is 483 g/mol. The maximum Gasteiger partial charge on any atom is 1.00 e. The number of halogens is 1. The molecule has 0 N–H and O–H groups in total. The Morgan fingerprint density at radius 2 is 1.06 bits per heavy atom. The van der Waals surface area contributed by atoms with Crippen molar-refractivity contribution < 1.29 is 64.4 Å². The second-order valence-corrected chi connectivity index (χ2v) is 9.73. The van der Waals surface area contributed by atoms with Crippen LogP contribution in [0, 0.1) is 0 Å². The smallest absolute Gasteiger partial charge is 0.744 e. The first-order chi connectivity index (χ1) is 15.0. The third kappa shape index (κ3) is 3.22. The first kappa shape index (κ1) is 22.5. The van der Waals surface area contributed by atoms with E-state index in [9.17, 15) is 13.0 Å². The third-order valence-electron chi connectivity index (χ3n) is 6.51. The van der Waals surface area contributed by atoms with Crippen molar-refractivity contribution >= 4 is 21.7 Å². The molecule has 0 aromatic heterocycles. The van der Waals surface area contributed by atoms with Gasteiger partial charge >= 0.3 is 51.4 Å². The van der Waals surface area contributed by atoms with Crippen molar-refractivity contribution in [3.8, 4) is 22.3 Å². The summed E-state index contributed by atoms with van der Waals surface area (Å²) >= 11 is 6.33. The Morgan fingerprint density at radius 1 is 0.625 bits per heavy atom. The van der Waals surface area contributed by atoms with Crippen LogP contribution in [0.1, 0.15) is 34.1 Å². The third-order valence-corrected chi connectivity index (χ3v) is 7.88. The van der Waals surface area contributed by atoms with Crippen LogP contribution >= 0.6 is 11.6 Å². The zero-order chi connectivity index (χ0) is 21.3. The zero-order valence-corrected chi connectivity index (χ0v) is 21.9. The molecule has 2 aliphatic carbocycles. The summed E-state index contributed by atoms with van der Waals surface area (Å²) in [6.45, 7) is 0. The second kappa shape index (κ2) is 8.19. The summed E-state index contributed by atoms with van der Waals surface area (Å²) in [6, 6.07) is 27.7. The summed E-state index contributed by atoms with van der Waals surface area (Å²) in [7, 11) is -4.78. The van der Waals surface area contributed by atoms with Crippen LogP contribution in [0.2, 0.25) is 5.02 Å². The second-order valence-electron chi connectivity index (χ2n) is 8.01. The number of rotatable bonds is 2. The summed E-state index contributed by atoms with van der Waals surface area (Å²) in [5.41, 5.74) is 7.79. The molecule has 4 aromatic rings. The van der Waals surface area contributed by atoms with Crippen molar-refractivity contribution in [3.05, 3.63) is 112 Å². The van der Waals surface area contributed by atoms with E-state index in [0.29, 0.717) is 5.56 Å². The normalized spacial score (nSPS) is 16.0. The van der Waals surface area contributed by atoms with Gasteiger partial charge in [-0.2, -0.15) is 0 Å². The van der Waals surface area contributed by atoms with Gasteiger partial charge in [-0.25, -0.2) is 8.42 Å². The zero-order valence-electron chi connectivity index (χ0n) is 17.2. The molecule has 3 nitrogen and oxygen atoms in total. The molecule has 0 heterocycles. The molecule has 0 saturated heterocycles. The van der Waals surface area contributed by atoms with Crippen LogP contribution in [0.5, 0.6) is 0 Å². The van der Waals surface area contributed by atoms with Gasteiger partial charge in [0, 0.05) is 11.8 Å². The molecule has 0 bridgehead atoms. The minimum atomic E-state index is -4.78. The van der Waals surface area contributed by atoms with Gasteiger partial charge in [-0.1, -0.05) is 90.5 Å². The molecule has 0 saturated carbocycles. The predicted molar refractivity (Wildman–Crippen MR) is 120 cm³/mol. The van der Waals surface area contributed by atoms with Crippen LogP contribution in [0.15, 0.2) is 89.8 Å². The summed E-state index contributed by atoms with van der Waals surface area (Å²) in [5.74, 6) is -0.442. The largest absolute Gasteiger partial charge is 1.00 e. The van der Waals surface area contributed by atoms with Crippen LogP contribution in [-0.4, -0.2) is 13.0 Å². The molecule has 1 unspecified atom stereocenters. The summed E-state index contributed by atoms with van der Waals surface area (Å²) < 4.78 is 37.1. The summed E-state index contributed by atoms with van der Waals surface area (Å²) in [6.07, 6.45) is 0. The van der Waals surface area contributed by atoms with Crippen molar-refractivity contribution in [1.82, 2.24) is 0 Å². The minimum absolute atomic E-state index is 0. The fourth-order valence-electron chi connectivity index (χ4n) is 5.44. The SMILES string of the molecule is O=S(=O)([O-])c1c(Cl)ccc2c1C(C1c3ccccc3-c3ccccc31)c1ccccc1-2.[K+]. The minimum Gasteiger partial charge on any atom is -0.744 e. The van der Waals surface area contributed by atoms with Crippen LogP contribution < -0.4 is 51.4 Å². The molecule has 0 aliphatic heterocycles. The van der Waals surface area contributed by atoms with E-state index >= 15 is 0 Å². The van der Waals surface area contributed by atoms with Crippen LogP contribution in [0.25, 0.3) is 22.3 Å². The molecule has 32 heavy (non-hydrogen) atoms. The van der Waals surface area contributed by atoms with Gasteiger partial charge in [0.25, 0.3) is 0 Å². The average Bonchev–Trinajstić information content (AvgIpc) is 3.25. The first-order valence-corrected chi connectivity index (χ1v) is 11.8. The van der Waals surface area contributed by atoms with E-state index in [-0.39, 0.29) is 73.1 Å². The van der Waals surface area contributed by atoms with Crippen molar-refractivity contribution in [2.24, 2.45) is 0 Å². The maximum absolute atomic E-state index is 12.4. The quantitative estimate of drug-likeness (QED) is 0.326. The van der Waals surface area contributed by atoms with E-state index < -0.39 is 10.1 Å². The van der Waals surface area contributed by atoms with Gasteiger partial charge in [0.1, 0.15) is 10.1 Å². The van der Waals surface area contributed by atoms with E-state index in [4.69, 9.17) is 11.6 Å². The van der Waals surface area contributed by atoms with Gasteiger partial charge < -0.3 is 4.55 Å². The topological polar surface area (TPSA) is 57.2 Å². The number of benzene rings is 4. The van der Waals surface area contributed by atoms with Crippen molar-refractivity contribution in [3.63, 3.8) is 0 Å². The van der Waals surface area contributed by atoms with E-state index in [1.165, 1.54) is 6.07 Å². The first-order valence-electron chi connectivity index (χ1n) is 10.0. The predicted octanol–water partition coefficient (Wildman–Crippen LogP) is 3.17. The van der Waals surface area contributed by atoms with Gasteiger partial charge in [0.05, 0.1) is 9.92 Å². The van der Waals surface area contributed by atoms with Crippen LogP contribution in [-0.2, 0) is 10.1 Å². The molecule has 4 aromatic carbocycles. The van der Waals surface area contributed by atoms with E-state index in [1.54, 1.807) is 0 Å². The Kier molecular flexibility index (Phi) is 5.76. The number of fused-ring (bicyclic) bond motifs is 6. The van der Waals surface area contributed by atoms with Gasteiger partial charge in [-0.3, -0.25) is 0 Å². The molecule has 2 aliphatic rings.